The van der Waals surface area contributed by atoms with E-state index in [0.29, 0.717) is 15.8 Å². The van der Waals surface area contributed by atoms with E-state index in [-0.39, 0.29) is 26.2 Å². The third-order valence-electron chi connectivity index (χ3n) is 3.25. The van der Waals surface area contributed by atoms with Crippen molar-refractivity contribution in [2.24, 2.45) is 0 Å². The zero-order valence-electron chi connectivity index (χ0n) is 10.7. The van der Waals surface area contributed by atoms with Gasteiger partial charge in [0.15, 0.2) is 0 Å². The molecule has 2 aromatic carbocycles. The van der Waals surface area contributed by atoms with Crippen LogP contribution in [0.4, 0.5) is 11.4 Å². The molecule has 0 saturated heterocycles. The predicted octanol–water partition coefficient (Wildman–Crippen LogP) is 4.79. The molecule has 2 aromatic rings. The lowest BCUT2D eigenvalue weighted by molar-refractivity contribution is 0.0926. The smallest absolute Gasteiger partial charge is 0.266 e. The Morgan fingerprint density at radius 3 is 1.82 bits per heavy atom. The first-order valence-electron chi connectivity index (χ1n) is 5.93. The molecule has 2 N–H and O–H groups in total. The Hall–Kier alpha value is -1.27. The van der Waals surface area contributed by atoms with Crippen LogP contribution < -0.4 is 10.6 Å². The van der Waals surface area contributed by atoms with Gasteiger partial charge in [0, 0.05) is 4.47 Å². The van der Waals surface area contributed by atoms with E-state index in [9.17, 15) is 9.59 Å². The van der Waals surface area contributed by atoms with Crippen LogP contribution >= 0.6 is 50.7 Å². The minimum Gasteiger partial charge on any atom is -0.397 e. The Morgan fingerprint density at radius 2 is 1.36 bits per heavy atom. The number of nitrogen functional groups attached to an aromatic ring is 1. The Labute approximate surface area is 148 Å². The molecule has 0 saturated carbocycles. The van der Waals surface area contributed by atoms with E-state index >= 15 is 0 Å². The van der Waals surface area contributed by atoms with Gasteiger partial charge in [0.1, 0.15) is 0 Å². The van der Waals surface area contributed by atoms with Gasteiger partial charge in [0.2, 0.25) is 0 Å². The first-order valence-corrected chi connectivity index (χ1v) is 7.86. The van der Waals surface area contributed by atoms with Crippen LogP contribution in [0.25, 0.3) is 0 Å². The van der Waals surface area contributed by atoms with E-state index in [4.69, 9.17) is 40.5 Å². The molecular formula is C14H6BrCl3N2O2. The number of benzene rings is 2. The lowest BCUT2D eigenvalue weighted by Crippen LogP contribution is -2.29. The average molecular weight is 420 g/mol. The maximum atomic E-state index is 12.5. The number of hydrogen-bond donors (Lipinski definition) is 1. The molecule has 112 valence electrons. The molecule has 2 amide bonds. The lowest BCUT2D eigenvalue weighted by atomic mass is 10.1. The van der Waals surface area contributed by atoms with Gasteiger partial charge < -0.3 is 5.73 Å². The van der Waals surface area contributed by atoms with Gasteiger partial charge in [0.05, 0.1) is 37.6 Å². The topological polar surface area (TPSA) is 63.4 Å². The molecule has 1 heterocycles. The third kappa shape index (κ3) is 2.29. The Kier molecular flexibility index (Phi) is 3.85. The molecule has 0 bridgehead atoms. The summed E-state index contributed by atoms with van der Waals surface area (Å²) in [6.07, 6.45) is 0. The Balaban J connectivity index is 2.15. The maximum Gasteiger partial charge on any atom is 0.266 e. The second-order valence-electron chi connectivity index (χ2n) is 4.58. The van der Waals surface area contributed by atoms with Crippen LogP contribution in [0.5, 0.6) is 0 Å². The summed E-state index contributed by atoms with van der Waals surface area (Å²) in [6, 6.07) is 5.76. The van der Waals surface area contributed by atoms with Crippen LogP contribution in [0.1, 0.15) is 20.7 Å². The lowest BCUT2D eigenvalue weighted by Gasteiger charge is -2.15. The van der Waals surface area contributed by atoms with Crippen LogP contribution in [0.3, 0.4) is 0 Å². The van der Waals surface area contributed by atoms with E-state index in [1.807, 2.05) is 0 Å². The van der Waals surface area contributed by atoms with Crippen LogP contribution in [0.2, 0.25) is 15.1 Å². The first kappa shape index (κ1) is 15.6. The number of rotatable bonds is 1. The monoisotopic (exact) mass is 418 g/mol. The molecule has 0 unspecified atom stereocenters. The highest BCUT2D eigenvalue weighted by molar-refractivity contribution is 9.10. The number of amides is 2. The fourth-order valence-electron chi connectivity index (χ4n) is 2.17. The number of fused-ring (bicyclic) bond motifs is 1. The van der Waals surface area contributed by atoms with E-state index in [2.05, 4.69) is 15.9 Å². The summed E-state index contributed by atoms with van der Waals surface area (Å²) >= 11 is 21.1. The molecule has 22 heavy (non-hydrogen) atoms. The maximum absolute atomic E-state index is 12.5. The van der Waals surface area contributed by atoms with Gasteiger partial charge in [-0.05, 0) is 40.2 Å². The summed E-state index contributed by atoms with van der Waals surface area (Å²) in [5.74, 6) is -0.988. The summed E-state index contributed by atoms with van der Waals surface area (Å²) in [5, 5.41) is 0.650. The van der Waals surface area contributed by atoms with Gasteiger partial charge in [-0.3, -0.25) is 9.59 Å². The van der Waals surface area contributed by atoms with Gasteiger partial charge >= 0.3 is 0 Å². The van der Waals surface area contributed by atoms with Crippen molar-refractivity contribution in [2.75, 3.05) is 10.6 Å². The highest BCUT2D eigenvalue weighted by Gasteiger charge is 2.37. The molecule has 0 spiro atoms. The van der Waals surface area contributed by atoms with E-state index in [1.165, 1.54) is 18.2 Å². The number of nitrogens with two attached hydrogens (primary N) is 1. The molecular weight excluding hydrogens is 414 g/mol. The van der Waals surface area contributed by atoms with Crippen molar-refractivity contribution in [3.63, 3.8) is 0 Å². The molecule has 0 aromatic heterocycles. The minimum atomic E-state index is -0.494. The van der Waals surface area contributed by atoms with Crippen molar-refractivity contribution >= 4 is 73.9 Å². The average Bonchev–Trinajstić information content (AvgIpc) is 2.68. The van der Waals surface area contributed by atoms with Crippen molar-refractivity contribution in [1.82, 2.24) is 0 Å². The summed E-state index contributed by atoms with van der Waals surface area (Å²) in [4.78, 5) is 26.0. The molecule has 3 rings (SSSR count). The fraction of sp³-hybridized carbons (Fsp3) is 0. The highest BCUT2D eigenvalue weighted by atomic mass is 79.9. The summed E-state index contributed by atoms with van der Waals surface area (Å²) in [5.41, 5.74) is 6.77. The fourth-order valence-corrected chi connectivity index (χ4v) is 3.27. The standard InChI is InChI=1S/C14H6BrCl3N2O2/c15-8-1-5(2-11(18)12(8)19)20-13(21)6-3-9(16)10(17)4-7(6)14(20)22/h1-4H,19H2. The molecule has 0 atom stereocenters. The predicted molar refractivity (Wildman–Crippen MR) is 91.2 cm³/mol. The van der Waals surface area contributed by atoms with Gasteiger partial charge in [0.25, 0.3) is 11.8 Å². The van der Waals surface area contributed by atoms with Crippen molar-refractivity contribution in [1.29, 1.82) is 0 Å². The largest absolute Gasteiger partial charge is 0.397 e. The van der Waals surface area contributed by atoms with Crippen LogP contribution in [-0.4, -0.2) is 11.8 Å². The van der Waals surface area contributed by atoms with Crippen molar-refractivity contribution in [3.8, 4) is 0 Å². The molecule has 8 heteroatoms. The van der Waals surface area contributed by atoms with Gasteiger partial charge in [-0.15, -0.1) is 0 Å². The number of carbonyl (C=O) groups is 2. The zero-order chi connectivity index (χ0) is 16.2. The van der Waals surface area contributed by atoms with Crippen LogP contribution in [0, 0.1) is 0 Å². The van der Waals surface area contributed by atoms with Gasteiger partial charge in [-0.25, -0.2) is 4.90 Å². The summed E-state index contributed by atoms with van der Waals surface area (Å²) < 4.78 is 0.489. The number of anilines is 2. The molecule has 0 fully saturated rings. The summed E-state index contributed by atoms with van der Waals surface area (Å²) in [7, 11) is 0. The number of carbonyl (C=O) groups excluding carboxylic acids is 2. The second-order valence-corrected chi connectivity index (χ2v) is 6.66. The second kappa shape index (κ2) is 5.42. The number of hydrogen-bond acceptors (Lipinski definition) is 3. The number of halogens is 4. The van der Waals surface area contributed by atoms with Gasteiger partial charge in [-0.2, -0.15) is 0 Å². The molecule has 1 aliphatic heterocycles. The van der Waals surface area contributed by atoms with Crippen molar-refractivity contribution in [2.45, 2.75) is 0 Å². The molecule has 0 aliphatic carbocycles. The molecule has 4 nitrogen and oxygen atoms in total. The van der Waals surface area contributed by atoms with E-state index in [1.54, 1.807) is 6.07 Å². The van der Waals surface area contributed by atoms with E-state index < -0.39 is 11.8 Å². The normalized spacial score (nSPS) is 13.7. The van der Waals surface area contributed by atoms with Gasteiger partial charge in [-0.1, -0.05) is 34.8 Å². The van der Waals surface area contributed by atoms with Crippen molar-refractivity contribution in [3.05, 3.63) is 54.9 Å². The van der Waals surface area contributed by atoms with Crippen LogP contribution in [-0.2, 0) is 0 Å². The quantitative estimate of drug-likeness (QED) is 0.533. The highest BCUT2D eigenvalue weighted by Crippen LogP contribution is 2.38. The first-order chi connectivity index (χ1) is 10.3. The SMILES string of the molecule is Nc1c(Cl)cc(N2C(=O)c3cc(Cl)c(Cl)cc3C2=O)cc1Br. The number of imide groups is 1. The van der Waals surface area contributed by atoms with Crippen LogP contribution in [0.15, 0.2) is 28.7 Å². The Bertz CT molecular complexity index is 790. The minimum absolute atomic E-state index is 0.198. The Morgan fingerprint density at radius 1 is 0.864 bits per heavy atom. The molecule has 1 aliphatic rings. The van der Waals surface area contributed by atoms with Crippen molar-refractivity contribution < 1.29 is 9.59 Å². The summed E-state index contributed by atoms with van der Waals surface area (Å²) in [6.45, 7) is 0. The third-order valence-corrected chi connectivity index (χ3v) is 4.94. The van der Waals surface area contributed by atoms with E-state index in [0.717, 1.165) is 4.90 Å². The zero-order valence-corrected chi connectivity index (χ0v) is 14.5. The number of nitrogens with zero attached hydrogens (tertiary/aromatic N) is 1. The molecule has 0 radical (unpaired) electrons.